The summed E-state index contributed by atoms with van der Waals surface area (Å²) < 4.78 is 7.05. The molecule has 2 saturated heterocycles. The van der Waals surface area contributed by atoms with E-state index < -0.39 is 0 Å². The Morgan fingerprint density at radius 1 is 1.28 bits per heavy atom. The zero-order valence-electron chi connectivity index (χ0n) is 10.6. The van der Waals surface area contributed by atoms with Crippen LogP contribution in [-0.2, 0) is 4.74 Å². The zero-order valence-corrected chi connectivity index (χ0v) is 12.2. The molecule has 0 amide bonds. The van der Waals surface area contributed by atoms with Gasteiger partial charge in [-0.2, -0.15) is 0 Å². The fourth-order valence-electron chi connectivity index (χ4n) is 3.52. The second-order valence-electron chi connectivity index (χ2n) is 5.55. The summed E-state index contributed by atoms with van der Waals surface area (Å²) in [5.41, 5.74) is 1.79. The molecule has 3 heteroatoms. The van der Waals surface area contributed by atoms with E-state index in [0.717, 1.165) is 26.3 Å². The Labute approximate surface area is 117 Å². The van der Waals surface area contributed by atoms with Crippen LogP contribution in [0.5, 0.6) is 0 Å². The fourth-order valence-corrected chi connectivity index (χ4v) is 4.08. The first-order valence-electron chi connectivity index (χ1n) is 6.85. The smallest absolute Gasteiger partial charge is 0.0529 e. The van der Waals surface area contributed by atoms with Gasteiger partial charge in [-0.3, -0.25) is 0 Å². The van der Waals surface area contributed by atoms with Crippen LogP contribution >= 0.6 is 15.9 Å². The highest BCUT2D eigenvalue weighted by molar-refractivity contribution is 9.10. The molecule has 2 heterocycles. The maximum Gasteiger partial charge on any atom is 0.0529 e. The van der Waals surface area contributed by atoms with E-state index in [1.165, 1.54) is 29.3 Å². The molecule has 3 rings (SSSR count). The van der Waals surface area contributed by atoms with Crippen molar-refractivity contribution in [3.05, 3.63) is 34.3 Å². The molecule has 2 aliphatic heterocycles. The van der Waals surface area contributed by atoms with Crippen LogP contribution in [0.25, 0.3) is 0 Å². The number of hydrogen-bond donors (Lipinski definition) is 1. The Balaban J connectivity index is 1.94. The normalized spacial score (nSPS) is 32.6. The molecule has 0 aliphatic carbocycles. The molecule has 1 aromatic rings. The molecular weight excluding hydrogens is 290 g/mol. The Bertz CT molecular complexity index is 406. The van der Waals surface area contributed by atoms with Gasteiger partial charge in [0, 0.05) is 29.0 Å². The first-order valence-corrected chi connectivity index (χ1v) is 7.64. The maximum atomic E-state index is 5.81. The number of hydrogen-bond acceptors (Lipinski definition) is 2. The van der Waals surface area contributed by atoms with Crippen LogP contribution in [0.1, 0.15) is 30.7 Å². The van der Waals surface area contributed by atoms with Crippen LogP contribution in [0.4, 0.5) is 0 Å². The van der Waals surface area contributed by atoms with Crippen LogP contribution in [-0.4, -0.2) is 26.3 Å². The quantitative estimate of drug-likeness (QED) is 0.859. The molecule has 2 fully saturated rings. The molecule has 18 heavy (non-hydrogen) atoms. The van der Waals surface area contributed by atoms with Gasteiger partial charge in [-0.1, -0.05) is 34.1 Å². The van der Waals surface area contributed by atoms with Gasteiger partial charge in [0.25, 0.3) is 0 Å². The average Bonchev–Trinajstić information content (AvgIpc) is 2.41. The Morgan fingerprint density at radius 3 is 2.94 bits per heavy atom. The molecule has 0 bridgehead atoms. The summed E-state index contributed by atoms with van der Waals surface area (Å²) in [6.45, 7) is 4.08. The van der Waals surface area contributed by atoms with Crippen molar-refractivity contribution in [3.8, 4) is 0 Å². The minimum atomic E-state index is 0.355. The number of rotatable bonds is 1. The molecule has 1 spiro atoms. The topological polar surface area (TPSA) is 21.3 Å². The van der Waals surface area contributed by atoms with Gasteiger partial charge in [0.05, 0.1) is 6.61 Å². The van der Waals surface area contributed by atoms with Gasteiger partial charge < -0.3 is 10.1 Å². The second-order valence-corrected chi connectivity index (χ2v) is 6.40. The van der Waals surface area contributed by atoms with E-state index in [9.17, 15) is 0 Å². The molecular formula is C15H20BrNO. The molecule has 2 nitrogen and oxygen atoms in total. The molecule has 1 N–H and O–H groups in total. The lowest BCUT2D eigenvalue weighted by molar-refractivity contribution is -0.0370. The van der Waals surface area contributed by atoms with Crippen molar-refractivity contribution in [3.63, 3.8) is 0 Å². The minimum Gasteiger partial charge on any atom is -0.381 e. The first kappa shape index (κ1) is 12.6. The van der Waals surface area contributed by atoms with Gasteiger partial charge in [0.2, 0.25) is 0 Å². The van der Waals surface area contributed by atoms with Gasteiger partial charge in [0.1, 0.15) is 0 Å². The minimum absolute atomic E-state index is 0.355. The van der Waals surface area contributed by atoms with Gasteiger partial charge in [-0.05, 0) is 37.4 Å². The number of halogens is 1. The Hall–Kier alpha value is -0.380. The highest BCUT2D eigenvalue weighted by atomic mass is 79.9. The Kier molecular flexibility index (Phi) is 3.73. The van der Waals surface area contributed by atoms with Crippen molar-refractivity contribution < 1.29 is 4.74 Å². The summed E-state index contributed by atoms with van der Waals surface area (Å²) in [6.07, 6.45) is 3.75. The van der Waals surface area contributed by atoms with Crippen molar-refractivity contribution in [2.24, 2.45) is 5.41 Å². The lowest BCUT2D eigenvalue weighted by atomic mass is 9.65. The summed E-state index contributed by atoms with van der Waals surface area (Å²) in [6, 6.07) is 8.65. The first-order chi connectivity index (χ1) is 8.82. The van der Waals surface area contributed by atoms with Crippen LogP contribution in [0, 0.1) is 5.41 Å². The molecule has 0 radical (unpaired) electrons. The molecule has 2 atom stereocenters. The average molecular weight is 310 g/mol. The van der Waals surface area contributed by atoms with Crippen molar-refractivity contribution in [2.75, 3.05) is 26.3 Å². The number of ether oxygens (including phenoxy) is 1. The second kappa shape index (κ2) is 5.32. The lowest BCUT2D eigenvalue weighted by Crippen LogP contribution is -2.48. The van der Waals surface area contributed by atoms with Crippen LogP contribution in [0.2, 0.25) is 0 Å². The van der Waals surface area contributed by atoms with Crippen molar-refractivity contribution in [1.29, 1.82) is 0 Å². The van der Waals surface area contributed by atoms with Crippen LogP contribution in [0.3, 0.4) is 0 Å². The van der Waals surface area contributed by atoms with Gasteiger partial charge in [-0.15, -0.1) is 0 Å². The highest BCUT2D eigenvalue weighted by Crippen LogP contribution is 2.47. The molecule has 2 unspecified atom stereocenters. The fraction of sp³-hybridized carbons (Fsp3) is 0.600. The summed E-state index contributed by atoms with van der Waals surface area (Å²) in [4.78, 5) is 0. The zero-order chi connectivity index (χ0) is 12.4. The van der Waals surface area contributed by atoms with Crippen LogP contribution in [0.15, 0.2) is 28.7 Å². The molecule has 2 aliphatic rings. The summed E-state index contributed by atoms with van der Waals surface area (Å²) in [7, 11) is 0. The third-order valence-corrected chi connectivity index (χ3v) is 5.24. The van der Waals surface area contributed by atoms with E-state index in [1.54, 1.807) is 0 Å². The predicted molar refractivity (Wildman–Crippen MR) is 76.9 cm³/mol. The monoisotopic (exact) mass is 309 g/mol. The van der Waals surface area contributed by atoms with Gasteiger partial charge in [-0.25, -0.2) is 0 Å². The number of benzene rings is 1. The van der Waals surface area contributed by atoms with E-state index in [0.29, 0.717) is 11.3 Å². The molecule has 0 aromatic heterocycles. The van der Waals surface area contributed by atoms with E-state index in [4.69, 9.17) is 4.74 Å². The molecule has 1 aromatic carbocycles. The van der Waals surface area contributed by atoms with Gasteiger partial charge >= 0.3 is 0 Å². The third kappa shape index (κ3) is 2.24. The summed E-state index contributed by atoms with van der Waals surface area (Å²) in [5, 5.41) is 3.56. The third-order valence-electron chi connectivity index (χ3n) is 4.52. The number of nitrogens with one attached hydrogen (secondary N) is 1. The van der Waals surface area contributed by atoms with Crippen molar-refractivity contribution in [2.45, 2.75) is 25.2 Å². The maximum absolute atomic E-state index is 5.81. The lowest BCUT2D eigenvalue weighted by Gasteiger charge is -2.47. The highest BCUT2D eigenvalue weighted by Gasteiger charge is 2.43. The summed E-state index contributed by atoms with van der Waals surface area (Å²) in [5.74, 6) is 0.571. The van der Waals surface area contributed by atoms with E-state index in [2.05, 4.69) is 45.5 Å². The van der Waals surface area contributed by atoms with Crippen LogP contribution < -0.4 is 5.32 Å². The molecule has 98 valence electrons. The van der Waals surface area contributed by atoms with E-state index in [1.807, 2.05) is 0 Å². The van der Waals surface area contributed by atoms with Crippen molar-refractivity contribution in [1.82, 2.24) is 5.32 Å². The van der Waals surface area contributed by atoms with E-state index in [-0.39, 0.29) is 0 Å². The predicted octanol–water partition coefficient (Wildman–Crippen LogP) is 3.32. The standard InChI is InChI=1S/C15H20BrNO/c16-14-5-2-1-4-12(14)13-10-17-8-7-15(13)6-3-9-18-11-15/h1-2,4-5,13,17H,3,6-11H2. The van der Waals surface area contributed by atoms with Crippen molar-refractivity contribution >= 4 is 15.9 Å². The number of piperidine rings is 1. The van der Waals surface area contributed by atoms with Gasteiger partial charge in [0.15, 0.2) is 0 Å². The Morgan fingerprint density at radius 2 is 2.17 bits per heavy atom. The summed E-state index contributed by atoms with van der Waals surface area (Å²) >= 11 is 3.71. The molecule has 0 saturated carbocycles. The van der Waals surface area contributed by atoms with E-state index >= 15 is 0 Å². The largest absolute Gasteiger partial charge is 0.381 e. The SMILES string of the molecule is Brc1ccccc1C1CNCCC12CCCOC2.